The number of morpholine rings is 1. The zero-order valence-corrected chi connectivity index (χ0v) is 20.7. The van der Waals surface area contributed by atoms with Crippen molar-refractivity contribution in [3.8, 4) is 11.8 Å². The minimum atomic E-state index is -0.582. The largest absolute Gasteiger partial charge is 0.491 e. The maximum Gasteiger partial charge on any atom is 0.263 e. The van der Waals surface area contributed by atoms with Gasteiger partial charge in [-0.25, -0.2) is 9.37 Å². The molecule has 8 nitrogen and oxygen atoms in total. The molecule has 186 valence electrons. The molecule has 5 heterocycles. The smallest absolute Gasteiger partial charge is 0.263 e. The second-order valence-corrected chi connectivity index (χ2v) is 10.7. The van der Waals surface area contributed by atoms with E-state index in [0.717, 1.165) is 30.3 Å². The van der Waals surface area contributed by atoms with E-state index in [0.29, 0.717) is 45.5 Å². The number of benzene rings is 1. The van der Waals surface area contributed by atoms with E-state index >= 15 is 4.39 Å². The van der Waals surface area contributed by atoms with Crippen molar-refractivity contribution in [2.75, 3.05) is 30.3 Å². The summed E-state index contributed by atoms with van der Waals surface area (Å²) in [7, 11) is 0. The van der Waals surface area contributed by atoms with Crippen LogP contribution in [0.1, 0.15) is 45.8 Å². The number of thiophene rings is 1. The summed E-state index contributed by atoms with van der Waals surface area (Å²) in [6.07, 6.45) is 3.50. The molecule has 0 spiro atoms. The van der Waals surface area contributed by atoms with E-state index in [-0.39, 0.29) is 36.7 Å². The fourth-order valence-corrected chi connectivity index (χ4v) is 6.48. The SMILES string of the molecule is Cc1ccc2c(N)c(C(=O)N[C@H]3COc4cc(N5CC6CCCC(C5)O6)c(C#N)c(F)c4C3)sc2n1. The van der Waals surface area contributed by atoms with Gasteiger partial charge in [0.15, 0.2) is 0 Å². The Morgan fingerprint density at radius 2 is 2.11 bits per heavy atom. The van der Waals surface area contributed by atoms with Crippen LogP contribution in [0.4, 0.5) is 15.8 Å². The molecular weight excluding hydrogens is 481 g/mol. The molecule has 3 aromatic rings. The first-order chi connectivity index (χ1) is 17.4. The molecule has 2 bridgehead atoms. The number of halogens is 1. The minimum absolute atomic E-state index is 0.0134. The number of nitriles is 1. The summed E-state index contributed by atoms with van der Waals surface area (Å²) in [4.78, 5) is 20.6. The Balaban J connectivity index is 1.24. The lowest BCUT2D eigenvalue weighted by Gasteiger charge is -2.43. The van der Waals surface area contributed by atoms with Crippen molar-refractivity contribution < 1.29 is 18.7 Å². The Hall–Kier alpha value is -3.42. The Bertz CT molecular complexity index is 1410. The lowest BCUT2D eigenvalue weighted by molar-refractivity contribution is -0.0605. The number of nitrogens with two attached hydrogens (primary N) is 1. The average Bonchev–Trinajstić information content (AvgIpc) is 3.19. The highest BCUT2D eigenvalue weighted by Gasteiger charge is 2.35. The standard InChI is InChI=1S/C26H26FN5O3S/c1-13-5-6-17-23(29)24(36-26(17)30-13)25(33)31-14-7-18-21(34-12-14)8-20(19(9-28)22(18)27)32-10-15-3-2-4-16(11-32)35-15/h5-6,8,14-16H,2-4,7,10-12,29H2,1H3,(H,31,33)/t14-,15?,16?/m1/s1. The van der Waals surface area contributed by atoms with Gasteiger partial charge in [-0.15, -0.1) is 11.3 Å². The second-order valence-electron chi connectivity index (χ2n) is 9.72. The molecule has 2 fully saturated rings. The maximum atomic E-state index is 15.6. The molecule has 6 rings (SSSR count). The fraction of sp³-hybridized carbons (Fsp3) is 0.423. The molecule has 2 aromatic heterocycles. The van der Waals surface area contributed by atoms with Crippen LogP contribution in [0.3, 0.4) is 0 Å². The third-order valence-electron chi connectivity index (χ3n) is 7.21. The van der Waals surface area contributed by atoms with Crippen molar-refractivity contribution in [1.82, 2.24) is 10.3 Å². The summed E-state index contributed by atoms with van der Waals surface area (Å²) in [5.41, 5.74) is 8.33. The Kier molecular flexibility index (Phi) is 5.69. The van der Waals surface area contributed by atoms with Gasteiger partial charge in [0.2, 0.25) is 0 Å². The van der Waals surface area contributed by atoms with Gasteiger partial charge < -0.3 is 25.4 Å². The van der Waals surface area contributed by atoms with Crippen LogP contribution in [0.5, 0.6) is 5.75 Å². The second kappa shape index (κ2) is 8.91. The molecule has 36 heavy (non-hydrogen) atoms. The number of pyridine rings is 1. The number of carbonyl (C=O) groups is 1. The summed E-state index contributed by atoms with van der Waals surface area (Å²) < 4.78 is 27.6. The van der Waals surface area contributed by atoms with Crippen LogP contribution in [0.15, 0.2) is 18.2 Å². The number of rotatable bonds is 3. The van der Waals surface area contributed by atoms with Gasteiger partial charge in [0, 0.05) is 42.2 Å². The highest BCUT2D eigenvalue weighted by atomic mass is 32.1. The van der Waals surface area contributed by atoms with Crippen LogP contribution in [0, 0.1) is 24.1 Å². The quantitative estimate of drug-likeness (QED) is 0.556. The van der Waals surface area contributed by atoms with Gasteiger partial charge in [-0.2, -0.15) is 5.26 Å². The van der Waals surface area contributed by atoms with Gasteiger partial charge in [0.1, 0.15) is 39.5 Å². The number of amides is 1. The number of anilines is 2. The van der Waals surface area contributed by atoms with Crippen molar-refractivity contribution in [3.63, 3.8) is 0 Å². The summed E-state index contributed by atoms with van der Waals surface area (Å²) in [5.74, 6) is -0.506. The zero-order chi connectivity index (χ0) is 25.0. The average molecular weight is 508 g/mol. The predicted molar refractivity (Wildman–Crippen MR) is 135 cm³/mol. The Morgan fingerprint density at radius 1 is 1.33 bits per heavy atom. The van der Waals surface area contributed by atoms with E-state index in [1.54, 1.807) is 6.07 Å². The summed E-state index contributed by atoms with van der Waals surface area (Å²) in [5, 5.41) is 13.5. The monoisotopic (exact) mass is 507 g/mol. The van der Waals surface area contributed by atoms with Crippen molar-refractivity contribution in [3.05, 3.63) is 45.7 Å². The van der Waals surface area contributed by atoms with Crippen LogP contribution in [-0.2, 0) is 11.2 Å². The number of aromatic nitrogens is 1. The molecule has 2 unspecified atom stereocenters. The summed E-state index contributed by atoms with van der Waals surface area (Å²) >= 11 is 1.23. The predicted octanol–water partition coefficient (Wildman–Crippen LogP) is 3.69. The summed E-state index contributed by atoms with van der Waals surface area (Å²) in [6, 6.07) is 7.09. The van der Waals surface area contributed by atoms with E-state index in [2.05, 4.69) is 21.3 Å². The Labute approximate surface area is 211 Å². The molecule has 2 saturated heterocycles. The van der Waals surface area contributed by atoms with Crippen LogP contribution in [0.2, 0.25) is 0 Å². The zero-order valence-electron chi connectivity index (χ0n) is 19.8. The number of carbonyl (C=O) groups excluding carboxylic acids is 1. The lowest BCUT2D eigenvalue weighted by atomic mass is 9.95. The van der Waals surface area contributed by atoms with Crippen molar-refractivity contribution >= 4 is 38.8 Å². The first-order valence-corrected chi connectivity index (χ1v) is 13.0. The van der Waals surface area contributed by atoms with E-state index in [1.807, 2.05) is 19.1 Å². The van der Waals surface area contributed by atoms with Crippen LogP contribution in [0.25, 0.3) is 10.2 Å². The van der Waals surface area contributed by atoms with Gasteiger partial charge in [0.25, 0.3) is 5.91 Å². The van der Waals surface area contributed by atoms with Crippen LogP contribution in [-0.4, -0.2) is 48.8 Å². The number of fused-ring (bicyclic) bond motifs is 4. The number of nitrogen functional groups attached to an aromatic ring is 1. The molecule has 0 radical (unpaired) electrons. The van der Waals surface area contributed by atoms with Crippen molar-refractivity contribution in [2.45, 2.75) is 50.9 Å². The topological polar surface area (TPSA) is 114 Å². The third kappa shape index (κ3) is 3.92. The van der Waals surface area contributed by atoms with E-state index in [1.165, 1.54) is 11.3 Å². The maximum absolute atomic E-state index is 15.6. The normalized spacial score (nSPS) is 23.0. The molecule has 1 aromatic carbocycles. The van der Waals surface area contributed by atoms with Gasteiger partial charge in [0.05, 0.1) is 29.6 Å². The van der Waals surface area contributed by atoms with Crippen LogP contribution < -0.4 is 20.7 Å². The van der Waals surface area contributed by atoms with E-state index in [9.17, 15) is 10.1 Å². The molecule has 3 atom stereocenters. The number of aryl methyl sites for hydroxylation is 1. The van der Waals surface area contributed by atoms with Gasteiger partial charge in [-0.1, -0.05) is 0 Å². The molecule has 0 aliphatic carbocycles. The number of hydrogen-bond acceptors (Lipinski definition) is 8. The third-order valence-corrected chi connectivity index (χ3v) is 8.32. The molecule has 3 N–H and O–H groups in total. The first-order valence-electron chi connectivity index (χ1n) is 12.2. The summed E-state index contributed by atoms with van der Waals surface area (Å²) in [6.45, 7) is 3.34. The van der Waals surface area contributed by atoms with Crippen LogP contribution >= 0.6 is 11.3 Å². The molecule has 3 aliphatic rings. The van der Waals surface area contributed by atoms with E-state index in [4.69, 9.17) is 15.2 Å². The molecule has 1 amide bonds. The van der Waals surface area contributed by atoms with Gasteiger partial charge in [-0.3, -0.25) is 4.79 Å². The minimum Gasteiger partial charge on any atom is -0.491 e. The molecule has 10 heteroatoms. The molecular formula is C26H26FN5O3S. The van der Waals surface area contributed by atoms with Crippen molar-refractivity contribution in [2.24, 2.45) is 0 Å². The Morgan fingerprint density at radius 3 is 2.86 bits per heavy atom. The number of ether oxygens (including phenoxy) is 2. The first kappa shape index (κ1) is 23.0. The molecule has 0 saturated carbocycles. The fourth-order valence-electron chi connectivity index (χ4n) is 5.44. The highest BCUT2D eigenvalue weighted by molar-refractivity contribution is 7.21. The van der Waals surface area contributed by atoms with Gasteiger partial charge in [-0.05, 0) is 38.3 Å². The lowest BCUT2D eigenvalue weighted by Crippen LogP contribution is -2.50. The highest BCUT2D eigenvalue weighted by Crippen LogP contribution is 2.39. The van der Waals surface area contributed by atoms with E-state index < -0.39 is 11.9 Å². The number of nitrogens with one attached hydrogen (secondary N) is 1. The van der Waals surface area contributed by atoms with Crippen molar-refractivity contribution in [1.29, 1.82) is 5.26 Å². The van der Waals surface area contributed by atoms with Gasteiger partial charge >= 0.3 is 0 Å². The molecule has 3 aliphatic heterocycles. The number of hydrogen-bond donors (Lipinski definition) is 2. The number of nitrogens with zero attached hydrogens (tertiary/aromatic N) is 3.